The lowest BCUT2D eigenvalue weighted by Crippen LogP contribution is -2.26. The molecule has 5 nitrogen and oxygen atoms in total. The van der Waals surface area contributed by atoms with Gasteiger partial charge in [0.15, 0.2) is 0 Å². The van der Waals surface area contributed by atoms with Gasteiger partial charge in [0.25, 0.3) is 0 Å². The fourth-order valence-corrected chi connectivity index (χ4v) is 2.51. The predicted molar refractivity (Wildman–Crippen MR) is 92.8 cm³/mol. The first-order valence-corrected chi connectivity index (χ1v) is 7.77. The van der Waals surface area contributed by atoms with Gasteiger partial charge < -0.3 is 20.1 Å². The molecular weight excluding hydrogens is 304 g/mol. The van der Waals surface area contributed by atoms with Crippen LogP contribution in [-0.4, -0.2) is 26.0 Å². The Kier molecular flexibility index (Phi) is 5.95. The van der Waals surface area contributed by atoms with Gasteiger partial charge in [-0.3, -0.25) is 4.79 Å². The van der Waals surface area contributed by atoms with E-state index in [1.54, 1.807) is 0 Å². The molecule has 1 N–H and O–H groups in total. The maximum atomic E-state index is 12.3. The molecule has 1 atom stereocenters. The van der Waals surface area contributed by atoms with E-state index in [0.717, 1.165) is 11.3 Å². The number of nitrogens with one attached hydrogen (secondary N) is 1. The van der Waals surface area contributed by atoms with Crippen molar-refractivity contribution in [3.05, 3.63) is 60.2 Å². The number of carboxylic acid groups (broad SMARTS) is 1. The van der Waals surface area contributed by atoms with Gasteiger partial charge in [0.05, 0.1) is 0 Å². The number of nitrogens with zero attached hydrogens (tertiary/aromatic N) is 1. The van der Waals surface area contributed by atoms with Crippen molar-refractivity contribution in [1.29, 1.82) is 0 Å². The minimum absolute atomic E-state index is 0.0907. The summed E-state index contributed by atoms with van der Waals surface area (Å²) in [6, 6.07) is 16.6. The van der Waals surface area contributed by atoms with Crippen molar-refractivity contribution in [3.63, 3.8) is 0 Å². The number of benzene rings is 2. The number of amides is 1. The zero-order valence-corrected chi connectivity index (χ0v) is 13.9. The maximum absolute atomic E-state index is 12.3. The monoisotopic (exact) mass is 325 g/mol. The van der Waals surface area contributed by atoms with Crippen LogP contribution >= 0.6 is 0 Å². The van der Waals surface area contributed by atoms with Crippen LogP contribution in [0, 0.1) is 0 Å². The van der Waals surface area contributed by atoms with E-state index >= 15 is 0 Å². The molecule has 0 aliphatic heterocycles. The van der Waals surface area contributed by atoms with Gasteiger partial charge in [-0.05, 0) is 42.2 Å². The van der Waals surface area contributed by atoms with Crippen LogP contribution in [0.25, 0.3) is 0 Å². The Morgan fingerprint density at radius 1 is 1.00 bits per heavy atom. The third kappa shape index (κ3) is 5.12. The van der Waals surface area contributed by atoms with Crippen molar-refractivity contribution in [1.82, 2.24) is 0 Å². The second-order valence-electron chi connectivity index (χ2n) is 5.88. The SMILES string of the molecule is CN(C)c1ccc(NC(=O)C[C@@H](CC(=O)[O-])c2ccccc2)cc1. The van der Waals surface area contributed by atoms with Crippen LogP contribution in [0.5, 0.6) is 0 Å². The summed E-state index contributed by atoms with van der Waals surface area (Å²) in [6.07, 6.45) is -0.0928. The maximum Gasteiger partial charge on any atom is 0.224 e. The van der Waals surface area contributed by atoms with Gasteiger partial charge in [-0.2, -0.15) is 0 Å². The van der Waals surface area contributed by atoms with Crippen molar-refractivity contribution in [2.24, 2.45) is 0 Å². The predicted octanol–water partition coefficient (Wildman–Crippen LogP) is 2.00. The molecule has 0 fully saturated rings. The minimum atomic E-state index is -1.16. The van der Waals surface area contributed by atoms with E-state index in [4.69, 9.17) is 0 Å². The Morgan fingerprint density at radius 2 is 1.62 bits per heavy atom. The molecule has 24 heavy (non-hydrogen) atoms. The minimum Gasteiger partial charge on any atom is -0.550 e. The highest BCUT2D eigenvalue weighted by Gasteiger charge is 2.16. The number of rotatable bonds is 7. The van der Waals surface area contributed by atoms with Crippen molar-refractivity contribution in [3.8, 4) is 0 Å². The second-order valence-corrected chi connectivity index (χ2v) is 5.88. The Morgan fingerprint density at radius 3 is 2.17 bits per heavy atom. The van der Waals surface area contributed by atoms with Gasteiger partial charge in [0.2, 0.25) is 5.91 Å². The summed E-state index contributed by atoms with van der Waals surface area (Å²) < 4.78 is 0. The first kappa shape index (κ1) is 17.5. The summed E-state index contributed by atoms with van der Waals surface area (Å²) in [5.41, 5.74) is 2.54. The third-order valence-electron chi connectivity index (χ3n) is 3.78. The van der Waals surface area contributed by atoms with Crippen LogP contribution in [0.1, 0.15) is 24.3 Å². The number of carbonyl (C=O) groups is 2. The summed E-state index contributed by atoms with van der Waals surface area (Å²) in [7, 11) is 3.88. The lowest BCUT2D eigenvalue weighted by atomic mass is 9.92. The highest BCUT2D eigenvalue weighted by Crippen LogP contribution is 2.24. The number of aliphatic carboxylic acids is 1. The van der Waals surface area contributed by atoms with Crippen molar-refractivity contribution >= 4 is 23.3 Å². The van der Waals surface area contributed by atoms with Crippen LogP contribution in [-0.2, 0) is 9.59 Å². The lowest BCUT2D eigenvalue weighted by Gasteiger charge is -2.18. The molecule has 0 aliphatic rings. The van der Waals surface area contributed by atoms with Crippen LogP contribution in [0.3, 0.4) is 0 Å². The number of hydrogen-bond donors (Lipinski definition) is 1. The van der Waals surface area contributed by atoms with Crippen molar-refractivity contribution < 1.29 is 14.7 Å². The lowest BCUT2D eigenvalue weighted by molar-refractivity contribution is -0.306. The molecule has 0 radical (unpaired) electrons. The Balaban J connectivity index is 2.03. The Bertz CT molecular complexity index is 682. The standard InChI is InChI=1S/C19H22N2O3/c1-21(2)17-10-8-16(9-11-17)20-18(22)12-15(13-19(23)24)14-6-4-3-5-7-14/h3-11,15H,12-13H2,1-2H3,(H,20,22)(H,23,24)/p-1/t15-/m0/s1. The second kappa shape index (κ2) is 8.15. The van der Waals surface area contributed by atoms with Crippen molar-refractivity contribution in [2.45, 2.75) is 18.8 Å². The molecular formula is C19H21N2O3-. The zero-order chi connectivity index (χ0) is 17.5. The molecule has 0 saturated carbocycles. The summed E-state index contributed by atoms with van der Waals surface area (Å²) >= 11 is 0. The molecule has 2 aromatic carbocycles. The first-order chi connectivity index (χ1) is 11.5. The molecule has 126 valence electrons. The molecule has 1 amide bonds. The Labute approximate surface area is 141 Å². The summed E-state index contributed by atoms with van der Waals surface area (Å²) in [5, 5.41) is 13.8. The Hall–Kier alpha value is -2.82. The average Bonchev–Trinajstić information content (AvgIpc) is 2.55. The number of hydrogen-bond acceptors (Lipinski definition) is 4. The first-order valence-electron chi connectivity index (χ1n) is 7.77. The zero-order valence-electron chi connectivity index (χ0n) is 13.9. The number of carboxylic acids is 1. The number of anilines is 2. The van der Waals surface area contributed by atoms with Crippen LogP contribution < -0.4 is 15.3 Å². The highest BCUT2D eigenvalue weighted by molar-refractivity contribution is 5.91. The van der Waals surface area contributed by atoms with Gasteiger partial charge in [-0.25, -0.2) is 0 Å². The molecule has 0 saturated heterocycles. The van der Waals surface area contributed by atoms with Gasteiger partial charge >= 0.3 is 0 Å². The fourth-order valence-electron chi connectivity index (χ4n) is 2.51. The van der Waals surface area contributed by atoms with E-state index in [1.165, 1.54) is 0 Å². The molecule has 0 bridgehead atoms. The molecule has 2 rings (SSSR count). The summed E-state index contributed by atoms with van der Waals surface area (Å²) in [6.45, 7) is 0. The summed E-state index contributed by atoms with van der Waals surface area (Å²) in [4.78, 5) is 25.2. The molecule has 0 aliphatic carbocycles. The van der Waals surface area contributed by atoms with Crippen LogP contribution in [0.15, 0.2) is 54.6 Å². The molecule has 0 aromatic heterocycles. The van der Waals surface area contributed by atoms with E-state index < -0.39 is 11.9 Å². The molecule has 5 heteroatoms. The van der Waals surface area contributed by atoms with E-state index in [-0.39, 0.29) is 18.7 Å². The van der Waals surface area contributed by atoms with Crippen LogP contribution in [0.4, 0.5) is 11.4 Å². The van der Waals surface area contributed by atoms with E-state index in [0.29, 0.717) is 5.69 Å². The topological polar surface area (TPSA) is 72.5 Å². The van der Waals surface area contributed by atoms with Gasteiger partial charge in [0.1, 0.15) is 0 Å². The highest BCUT2D eigenvalue weighted by atomic mass is 16.4. The normalized spacial score (nSPS) is 11.6. The van der Waals surface area contributed by atoms with E-state index in [1.807, 2.05) is 73.6 Å². The van der Waals surface area contributed by atoms with E-state index in [9.17, 15) is 14.7 Å². The quantitative estimate of drug-likeness (QED) is 0.845. The summed E-state index contributed by atoms with van der Waals surface area (Å²) in [5.74, 6) is -1.79. The molecule has 0 heterocycles. The fraction of sp³-hybridized carbons (Fsp3) is 0.263. The van der Waals surface area contributed by atoms with Gasteiger partial charge in [0, 0.05) is 37.9 Å². The average molecular weight is 325 g/mol. The number of carbonyl (C=O) groups excluding carboxylic acids is 2. The van der Waals surface area contributed by atoms with E-state index in [2.05, 4.69) is 5.32 Å². The smallest absolute Gasteiger partial charge is 0.224 e. The van der Waals surface area contributed by atoms with Gasteiger partial charge in [-0.15, -0.1) is 0 Å². The molecule has 2 aromatic rings. The van der Waals surface area contributed by atoms with Gasteiger partial charge in [-0.1, -0.05) is 30.3 Å². The van der Waals surface area contributed by atoms with Crippen molar-refractivity contribution in [2.75, 3.05) is 24.3 Å². The molecule has 0 unspecified atom stereocenters. The van der Waals surface area contributed by atoms with Crippen LogP contribution in [0.2, 0.25) is 0 Å². The third-order valence-corrected chi connectivity index (χ3v) is 3.78. The molecule has 0 spiro atoms. The largest absolute Gasteiger partial charge is 0.550 e.